The van der Waals surface area contributed by atoms with Gasteiger partial charge in [0.05, 0.1) is 13.4 Å². The normalized spacial score (nSPS) is 12.1. The number of imidazole rings is 1. The maximum absolute atomic E-state index is 5.81. The summed E-state index contributed by atoms with van der Waals surface area (Å²) in [6.07, 6.45) is 5.52. The molecule has 1 unspecified atom stereocenters. The first-order valence-electron chi connectivity index (χ1n) is 5.84. The quantitative estimate of drug-likeness (QED) is 0.792. The lowest BCUT2D eigenvalue weighted by atomic mass is 10.2. The second kappa shape index (κ2) is 5.44. The Kier molecular flexibility index (Phi) is 3.72. The van der Waals surface area contributed by atoms with Gasteiger partial charge in [0.2, 0.25) is 0 Å². The highest BCUT2D eigenvalue weighted by atomic mass is 16.5. The third-order valence-corrected chi connectivity index (χ3v) is 2.62. The van der Waals surface area contributed by atoms with Gasteiger partial charge >= 0.3 is 0 Å². The summed E-state index contributed by atoms with van der Waals surface area (Å²) in [6, 6.07) is 5.89. The lowest BCUT2D eigenvalue weighted by Gasteiger charge is -2.16. The van der Waals surface area contributed by atoms with Gasteiger partial charge in [-0.2, -0.15) is 0 Å². The van der Waals surface area contributed by atoms with Gasteiger partial charge in [-0.1, -0.05) is 0 Å². The second-order valence-corrected chi connectivity index (χ2v) is 4.30. The van der Waals surface area contributed by atoms with Crippen molar-refractivity contribution in [3.8, 4) is 5.75 Å². The first kappa shape index (κ1) is 12.3. The molecule has 96 valence electrons. The number of anilines is 2. The highest BCUT2D eigenvalue weighted by molar-refractivity contribution is 5.59. The van der Waals surface area contributed by atoms with Crippen LogP contribution in [0.4, 0.5) is 11.4 Å². The predicted molar refractivity (Wildman–Crippen MR) is 72.7 cm³/mol. The number of methoxy groups -OCH3 is 1. The Morgan fingerprint density at radius 3 is 2.94 bits per heavy atom. The lowest BCUT2D eigenvalue weighted by Crippen LogP contribution is -2.21. The topological polar surface area (TPSA) is 65.1 Å². The van der Waals surface area contributed by atoms with E-state index in [1.165, 1.54) is 0 Å². The Labute approximate surface area is 107 Å². The predicted octanol–water partition coefficient (Wildman–Crippen LogP) is 1.97. The summed E-state index contributed by atoms with van der Waals surface area (Å²) in [5, 5.41) is 3.39. The van der Waals surface area contributed by atoms with Crippen molar-refractivity contribution in [1.29, 1.82) is 0 Å². The molecule has 0 saturated heterocycles. The molecule has 0 spiro atoms. The molecule has 2 aromatic rings. The molecule has 1 aromatic carbocycles. The standard InChI is InChI=1S/C13H18N4O/c1-10(8-17-4-3-15-9-17)16-12-5-11(14)6-13(7-12)18-2/h3-7,9-10,16H,8,14H2,1-2H3. The Bertz CT molecular complexity index is 496. The first-order chi connectivity index (χ1) is 8.67. The van der Waals surface area contributed by atoms with Gasteiger partial charge < -0.3 is 20.4 Å². The zero-order chi connectivity index (χ0) is 13.0. The van der Waals surface area contributed by atoms with Gasteiger partial charge in [0.15, 0.2) is 0 Å². The molecule has 0 aliphatic heterocycles. The van der Waals surface area contributed by atoms with Gasteiger partial charge in [0.1, 0.15) is 5.75 Å². The van der Waals surface area contributed by atoms with E-state index >= 15 is 0 Å². The lowest BCUT2D eigenvalue weighted by molar-refractivity contribution is 0.415. The number of aromatic nitrogens is 2. The van der Waals surface area contributed by atoms with E-state index < -0.39 is 0 Å². The Morgan fingerprint density at radius 2 is 2.28 bits per heavy atom. The monoisotopic (exact) mass is 246 g/mol. The van der Waals surface area contributed by atoms with E-state index in [-0.39, 0.29) is 6.04 Å². The molecule has 0 saturated carbocycles. The van der Waals surface area contributed by atoms with Crippen LogP contribution in [0.5, 0.6) is 5.75 Å². The van der Waals surface area contributed by atoms with E-state index in [0.29, 0.717) is 5.69 Å². The molecule has 1 atom stereocenters. The summed E-state index contributed by atoms with van der Waals surface area (Å²) in [5.41, 5.74) is 7.46. The van der Waals surface area contributed by atoms with Gasteiger partial charge in [-0.05, 0) is 13.0 Å². The second-order valence-electron chi connectivity index (χ2n) is 4.30. The van der Waals surface area contributed by atoms with Crippen molar-refractivity contribution in [3.63, 3.8) is 0 Å². The number of hydrogen-bond acceptors (Lipinski definition) is 4. The summed E-state index contributed by atoms with van der Waals surface area (Å²) in [7, 11) is 1.63. The van der Waals surface area contributed by atoms with E-state index in [2.05, 4.69) is 17.2 Å². The van der Waals surface area contributed by atoms with Gasteiger partial charge in [-0.25, -0.2) is 4.98 Å². The molecular weight excluding hydrogens is 228 g/mol. The van der Waals surface area contributed by atoms with E-state index in [1.54, 1.807) is 25.7 Å². The molecular formula is C13H18N4O. The fourth-order valence-electron chi connectivity index (χ4n) is 1.86. The van der Waals surface area contributed by atoms with Crippen LogP contribution < -0.4 is 15.8 Å². The van der Waals surface area contributed by atoms with Crippen molar-refractivity contribution in [2.75, 3.05) is 18.2 Å². The van der Waals surface area contributed by atoms with Crippen molar-refractivity contribution in [2.45, 2.75) is 19.5 Å². The highest BCUT2D eigenvalue weighted by Gasteiger charge is 2.05. The Balaban J connectivity index is 2.02. The number of nitrogens with zero attached hydrogens (tertiary/aromatic N) is 2. The van der Waals surface area contributed by atoms with Crippen LogP contribution >= 0.6 is 0 Å². The van der Waals surface area contributed by atoms with Crippen LogP contribution in [-0.4, -0.2) is 22.7 Å². The number of ether oxygens (including phenoxy) is 1. The summed E-state index contributed by atoms with van der Waals surface area (Å²) in [6.45, 7) is 2.95. The van der Waals surface area contributed by atoms with E-state index in [4.69, 9.17) is 10.5 Å². The average Bonchev–Trinajstić information content (AvgIpc) is 2.80. The number of rotatable bonds is 5. The molecule has 5 nitrogen and oxygen atoms in total. The van der Waals surface area contributed by atoms with E-state index in [0.717, 1.165) is 18.0 Å². The number of nitrogens with two attached hydrogens (primary N) is 1. The van der Waals surface area contributed by atoms with Crippen molar-refractivity contribution in [2.24, 2.45) is 0 Å². The maximum Gasteiger partial charge on any atom is 0.122 e. The zero-order valence-electron chi connectivity index (χ0n) is 10.6. The molecule has 18 heavy (non-hydrogen) atoms. The van der Waals surface area contributed by atoms with Crippen LogP contribution in [-0.2, 0) is 6.54 Å². The van der Waals surface area contributed by atoms with Crippen molar-refractivity contribution in [3.05, 3.63) is 36.9 Å². The number of nitrogens with one attached hydrogen (secondary N) is 1. The minimum absolute atomic E-state index is 0.269. The maximum atomic E-state index is 5.81. The molecule has 0 bridgehead atoms. The number of hydrogen-bond donors (Lipinski definition) is 2. The van der Waals surface area contributed by atoms with Gasteiger partial charge in [0.25, 0.3) is 0 Å². The van der Waals surface area contributed by atoms with Gasteiger partial charge in [-0.3, -0.25) is 0 Å². The molecule has 0 radical (unpaired) electrons. The molecule has 0 fully saturated rings. The molecule has 3 N–H and O–H groups in total. The number of nitrogen functional groups attached to an aromatic ring is 1. The fraction of sp³-hybridized carbons (Fsp3) is 0.308. The van der Waals surface area contributed by atoms with Crippen LogP contribution in [0.2, 0.25) is 0 Å². The minimum atomic E-state index is 0.269. The third kappa shape index (κ3) is 3.16. The average molecular weight is 246 g/mol. The SMILES string of the molecule is COc1cc(N)cc(NC(C)Cn2ccnc2)c1. The number of benzene rings is 1. The van der Waals surface area contributed by atoms with Crippen molar-refractivity contribution < 1.29 is 4.74 Å². The van der Waals surface area contributed by atoms with Crippen molar-refractivity contribution >= 4 is 11.4 Å². The van der Waals surface area contributed by atoms with Crippen LogP contribution in [0.3, 0.4) is 0 Å². The van der Waals surface area contributed by atoms with E-state index in [1.807, 2.05) is 22.9 Å². The smallest absolute Gasteiger partial charge is 0.122 e. The Morgan fingerprint density at radius 1 is 1.44 bits per heavy atom. The van der Waals surface area contributed by atoms with E-state index in [9.17, 15) is 0 Å². The molecule has 0 aliphatic carbocycles. The van der Waals surface area contributed by atoms with Gasteiger partial charge in [-0.15, -0.1) is 0 Å². The zero-order valence-corrected chi connectivity index (χ0v) is 10.6. The minimum Gasteiger partial charge on any atom is -0.497 e. The third-order valence-electron chi connectivity index (χ3n) is 2.62. The molecule has 1 aromatic heterocycles. The first-order valence-corrected chi connectivity index (χ1v) is 5.84. The molecule has 1 heterocycles. The van der Waals surface area contributed by atoms with Crippen molar-refractivity contribution in [1.82, 2.24) is 9.55 Å². The molecule has 2 rings (SSSR count). The molecule has 5 heteroatoms. The van der Waals surface area contributed by atoms with Crippen LogP contribution in [0.25, 0.3) is 0 Å². The summed E-state index contributed by atoms with van der Waals surface area (Å²) in [5.74, 6) is 0.757. The largest absolute Gasteiger partial charge is 0.497 e. The summed E-state index contributed by atoms with van der Waals surface area (Å²) >= 11 is 0. The summed E-state index contributed by atoms with van der Waals surface area (Å²) < 4.78 is 7.22. The van der Waals surface area contributed by atoms with Gasteiger partial charge in [0, 0.05) is 48.5 Å². The summed E-state index contributed by atoms with van der Waals surface area (Å²) in [4.78, 5) is 4.02. The van der Waals surface area contributed by atoms with Crippen LogP contribution in [0.15, 0.2) is 36.9 Å². The Hall–Kier alpha value is -2.17. The molecule has 0 amide bonds. The molecule has 0 aliphatic rings. The van der Waals surface area contributed by atoms with Crippen LogP contribution in [0.1, 0.15) is 6.92 Å². The van der Waals surface area contributed by atoms with Crippen LogP contribution in [0, 0.1) is 0 Å². The fourth-order valence-corrected chi connectivity index (χ4v) is 1.86. The highest BCUT2D eigenvalue weighted by Crippen LogP contribution is 2.22.